The van der Waals surface area contributed by atoms with Crippen molar-refractivity contribution in [2.45, 2.75) is 13.3 Å². The van der Waals surface area contributed by atoms with Crippen molar-refractivity contribution in [2.75, 3.05) is 31.2 Å². The van der Waals surface area contributed by atoms with E-state index < -0.39 is 10.0 Å². The molecular formula is C12H20N4O3S. The minimum atomic E-state index is -3.17. The number of anilines is 1. The first kappa shape index (κ1) is 16.4. The number of hydrogen-bond donors (Lipinski definition) is 3. The van der Waals surface area contributed by atoms with Gasteiger partial charge in [0.15, 0.2) is 0 Å². The van der Waals surface area contributed by atoms with Crippen LogP contribution in [0.1, 0.15) is 23.8 Å². The van der Waals surface area contributed by atoms with E-state index in [1.165, 1.54) is 0 Å². The Bertz CT molecular complexity index is 545. The summed E-state index contributed by atoms with van der Waals surface area (Å²) in [6.07, 6.45) is 3.19. The third kappa shape index (κ3) is 6.48. The highest BCUT2D eigenvalue weighted by Gasteiger charge is 2.07. The Morgan fingerprint density at radius 1 is 1.35 bits per heavy atom. The predicted molar refractivity (Wildman–Crippen MR) is 78.2 cm³/mol. The van der Waals surface area contributed by atoms with Crippen LogP contribution in [0.25, 0.3) is 0 Å². The second kappa shape index (κ2) is 7.81. The van der Waals surface area contributed by atoms with Crippen LogP contribution >= 0.6 is 0 Å². The van der Waals surface area contributed by atoms with E-state index in [2.05, 4.69) is 20.3 Å². The van der Waals surface area contributed by atoms with Crippen LogP contribution in [0, 0.1) is 0 Å². The molecule has 0 atom stereocenters. The van der Waals surface area contributed by atoms with Crippen molar-refractivity contribution in [1.82, 2.24) is 15.0 Å². The number of pyridine rings is 1. The Kier molecular flexibility index (Phi) is 6.40. The first-order valence-electron chi connectivity index (χ1n) is 6.35. The van der Waals surface area contributed by atoms with E-state index in [9.17, 15) is 13.2 Å². The topological polar surface area (TPSA) is 100 Å². The van der Waals surface area contributed by atoms with Crippen LogP contribution < -0.4 is 15.4 Å². The van der Waals surface area contributed by atoms with Gasteiger partial charge in [0.2, 0.25) is 10.0 Å². The maximum atomic E-state index is 11.8. The molecule has 0 aliphatic rings. The molecule has 8 heteroatoms. The quantitative estimate of drug-likeness (QED) is 0.595. The maximum absolute atomic E-state index is 11.8. The molecule has 0 fully saturated rings. The number of hydrogen-bond acceptors (Lipinski definition) is 5. The molecule has 1 amide bonds. The lowest BCUT2D eigenvalue weighted by atomic mass is 10.3. The molecule has 1 aromatic heterocycles. The summed E-state index contributed by atoms with van der Waals surface area (Å²) in [7, 11) is -3.17. The second-order valence-corrected chi connectivity index (χ2v) is 6.07. The smallest absolute Gasteiger partial charge is 0.269 e. The van der Waals surface area contributed by atoms with Crippen LogP contribution in [0.4, 0.5) is 5.69 Å². The zero-order chi connectivity index (χ0) is 15.0. The van der Waals surface area contributed by atoms with Gasteiger partial charge < -0.3 is 10.6 Å². The summed E-state index contributed by atoms with van der Waals surface area (Å²) in [5, 5.41) is 5.79. The number of amides is 1. The van der Waals surface area contributed by atoms with Crippen molar-refractivity contribution in [3.63, 3.8) is 0 Å². The van der Waals surface area contributed by atoms with Crippen molar-refractivity contribution in [3.8, 4) is 0 Å². The van der Waals surface area contributed by atoms with E-state index >= 15 is 0 Å². The number of aromatic nitrogens is 1. The number of rotatable bonds is 8. The lowest BCUT2D eigenvalue weighted by molar-refractivity contribution is 0.0948. The molecule has 1 rings (SSSR count). The third-order valence-corrected chi connectivity index (χ3v) is 3.11. The second-order valence-electron chi connectivity index (χ2n) is 4.24. The SMILES string of the molecule is CCNc1ccnc(C(=O)NCCCNS(C)(=O)=O)c1. The van der Waals surface area contributed by atoms with Crippen LogP contribution in [0.3, 0.4) is 0 Å². The molecule has 0 saturated heterocycles. The normalized spacial score (nSPS) is 11.1. The molecule has 0 unspecified atom stereocenters. The van der Waals surface area contributed by atoms with Gasteiger partial charge in [0.05, 0.1) is 6.26 Å². The summed E-state index contributed by atoms with van der Waals surface area (Å²) in [6.45, 7) is 3.41. The van der Waals surface area contributed by atoms with Gasteiger partial charge in [-0.2, -0.15) is 0 Å². The fourth-order valence-corrected chi connectivity index (χ4v) is 2.02. The van der Waals surface area contributed by atoms with Crippen molar-refractivity contribution < 1.29 is 13.2 Å². The zero-order valence-corrected chi connectivity index (χ0v) is 12.5. The largest absolute Gasteiger partial charge is 0.385 e. The Morgan fingerprint density at radius 3 is 2.75 bits per heavy atom. The summed E-state index contributed by atoms with van der Waals surface area (Å²) in [4.78, 5) is 15.8. The van der Waals surface area contributed by atoms with Crippen molar-refractivity contribution in [2.24, 2.45) is 0 Å². The Labute approximate surface area is 119 Å². The lowest BCUT2D eigenvalue weighted by Gasteiger charge is -2.07. The first-order chi connectivity index (χ1) is 9.42. The molecule has 0 spiro atoms. The molecule has 0 aliphatic heterocycles. The highest BCUT2D eigenvalue weighted by atomic mass is 32.2. The van der Waals surface area contributed by atoms with Gasteiger partial charge in [-0.3, -0.25) is 9.78 Å². The van der Waals surface area contributed by atoms with Gasteiger partial charge in [0, 0.05) is 31.5 Å². The maximum Gasteiger partial charge on any atom is 0.269 e. The monoisotopic (exact) mass is 300 g/mol. The van der Waals surface area contributed by atoms with Crippen molar-refractivity contribution >= 4 is 21.6 Å². The highest BCUT2D eigenvalue weighted by Crippen LogP contribution is 2.07. The fraction of sp³-hybridized carbons (Fsp3) is 0.500. The fourth-order valence-electron chi connectivity index (χ4n) is 1.51. The molecule has 112 valence electrons. The standard InChI is InChI=1S/C12H20N4O3S/c1-3-13-10-5-8-14-11(9-10)12(17)15-6-4-7-16-20(2,18)19/h5,8-9,16H,3-4,6-7H2,1-2H3,(H,13,14)(H,15,17). The average molecular weight is 300 g/mol. The van der Waals surface area contributed by atoms with Crippen LogP contribution in [0.2, 0.25) is 0 Å². The van der Waals surface area contributed by atoms with Gasteiger partial charge in [0.25, 0.3) is 5.91 Å². The summed E-state index contributed by atoms with van der Waals surface area (Å²) < 4.78 is 24.0. The third-order valence-electron chi connectivity index (χ3n) is 2.38. The zero-order valence-electron chi connectivity index (χ0n) is 11.6. The molecule has 20 heavy (non-hydrogen) atoms. The number of carbonyl (C=O) groups excluding carboxylic acids is 1. The average Bonchev–Trinajstić information content (AvgIpc) is 2.37. The van der Waals surface area contributed by atoms with E-state index in [1.54, 1.807) is 18.3 Å². The number of carbonyl (C=O) groups is 1. The van der Waals surface area contributed by atoms with Crippen LogP contribution in [0.5, 0.6) is 0 Å². The molecule has 1 heterocycles. The molecular weight excluding hydrogens is 280 g/mol. The van der Waals surface area contributed by atoms with Gasteiger partial charge in [-0.15, -0.1) is 0 Å². The predicted octanol–water partition coefficient (Wildman–Crippen LogP) is 0.183. The summed E-state index contributed by atoms with van der Waals surface area (Å²) in [5.41, 5.74) is 1.17. The van der Waals surface area contributed by atoms with E-state index in [0.29, 0.717) is 25.2 Å². The van der Waals surface area contributed by atoms with Crippen LogP contribution in [-0.4, -0.2) is 45.2 Å². The lowest BCUT2D eigenvalue weighted by Crippen LogP contribution is -2.29. The summed E-state index contributed by atoms with van der Waals surface area (Å²) in [6, 6.07) is 3.46. The molecule has 0 bridgehead atoms. The first-order valence-corrected chi connectivity index (χ1v) is 8.24. The molecule has 0 aliphatic carbocycles. The number of sulfonamides is 1. The molecule has 0 radical (unpaired) electrons. The Morgan fingerprint density at radius 2 is 2.10 bits per heavy atom. The van der Waals surface area contributed by atoms with Crippen molar-refractivity contribution in [1.29, 1.82) is 0 Å². The minimum absolute atomic E-state index is 0.274. The number of nitrogens with one attached hydrogen (secondary N) is 3. The minimum Gasteiger partial charge on any atom is -0.385 e. The van der Waals surface area contributed by atoms with Gasteiger partial charge in [0.1, 0.15) is 5.69 Å². The van der Waals surface area contributed by atoms with E-state index in [4.69, 9.17) is 0 Å². The van der Waals surface area contributed by atoms with E-state index in [1.807, 2.05) is 6.92 Å². The summed E-state index contributed by atoms with van der Waals surface area (Å²) >= 11 is 0. The van der Waals surface area contributed by atoms with Gasteiger partial charge in [-0.05, 0) is 25.5 Å². The number of nitrogens with zero attached hydrogens (tertiary/aromatic N) is 1. The van der Waals surface area contributed by atoms with Crippen LogP contribution in [-0.2, 0) is 10.0 Å². The molecule has 1 aromatic rings. The Balaban J connectivity index is 2.37. The summed E-state index contributed by atoms with van der Waals surface area (Å²) in [5.74, 6) is -0.274. The molecule has 0 saturated carbocycles. The van der Waals surface area contributed by atoms with Gasteiger partial charge in [-0.1, -0.05) is 0 Å². The van der Waals surface area contributed by atoms with E-state index in [0.717, 1.165) is 18.5 Å². The Hall–Kier alpha value is -1.67. The molecule has 3 N–H and O–H groups in total. The van der Waals surface area contributed by atoms with Gasteiger partial charge >= 0.3 is 0 Å². The van der Waals surface area contributed by atoms with Crippen molar-refractivity contribution in [3.05, 3.63) is 24.0 Å². The van der Waals surface area contributed by atoms with E-state index in [-0.39, 0.29) is 5.91 Å². The van der Waals surface area contributed by atoms with Gasteiger partial charge in [-0.25, -0.2) is 13.1 Å². The highest BCUT2D eigenvalue weighted by molar-refractivity contribution is 7.88. The molecule has 0 aromatic carbocycles. The van der Waals surface area contributed by atoms with Crippen LogP contribution in [0.15, 0.2) is 18.3 Å². The molecule has 7 nitrogen and oxygen atoms in total.